The molecular formula is C17H22BN5O7S. The van der Waals surface area contributed by atoms with E-state index in [0.29, 0.717) is 11.3 Å². The number of carboxylic acids is 1. The molecular weight excluding hydrogens is 429 g/mol. The van der Waals surface area contributed by atoms with Gasteiger partial charge in [0.1, 0.15) is 12.3 Å². The number of nitrogens with two attached hydrogens (primary N) is 1. The van der Waals surface area contributed by atoms with Gasteiger partial charge in [-0.2, -0.15) is 0 Å². The van der Waals surface area contributed by atoms with Crippen molar-refractivity contribution < 1.29 is 32.8 Å². The van der Waals surface area contributed by atoms with Crippen molar-refractivity contribution >= 4 is 28.9 Å². The Labute approximate surface area is 178 Å². The van der Waals surface area contributed by atoms with E-state index in [0.717, 1.165) is 0 Å². The van der Waals surface area contributed by atoms with Crippen LogP contribution in [0.2, 0.25) is 5.82 Å². The average molecular weight is 451 g/mol. The lowest BCUT2D eigenvalue weighted by molar-refractivity contribution is -0.120. The van der Waals surface area contributed by atoms with Crippen molar-refractivity contribution in [2.75, 3.05) is 12.3 Å². The lowest BCUT2D eigenvalue weighted by Crippen LogP contribution is -2.36. The molecule has 1 aliphatic heterocycles. The van der Waals surface area contributed by atoms with Crippen molar-refractivity contribution in [1.82, 2.24) is 19.7 Å². The summed E-state index contributed by atoms with van der Waals surface area (Å²) in [5.74, 6) is -2.04. The zero-order chi connectivity index (χ0) is 22.6. The minimum Gasteiger partial charge on any atom is -0.535 e. The maximum atomic E-state index is 12.5. The van der Waals surface area contributed by atoms with Crippen LogP contribution < -0.4 is 15.1 Å². The number of nitrogens with zero attached hydrogens (tertiary/aromatic N) is 3. The molecule has 0 unspecified atom stereocenters. The van der Waals surface area contributed by atoms with Gasteiger partial charge in [0.15, 0.2) is 5.78 Å². The third-order valence-electron chi connectivity index (χ3n) is 4.73. The van der Waals surface area contributed by atoms with Crippen LogP contribution in [0, 0.1) is 0 Å². The predicted molar refractivity (Wildman–Crippen MR) is 109 cm³/mol. The Hall–Kier alpha value is -2.81. The molecule has 5 N–H and O–H groups in total. The van der Waals surface area contributed by atoms with Crippen LogP contribution in [-0.2, 0) is 34.3 Å². The molecule has 12 nitrogen and oxygen atoms in total. The second kappa shape index (κ2) is 9.55. The number of benzene rings is 1. The molecule has 166 valence electrons. The molecule has 0 amide bonds. The third kappa shape index (κ3) is 5.88. The van der Waals surface area contributed by atoms with Gasteiger partial charge >= 0.3 is 13.1 Å². The number of nitrogens with one attached hydrogen (secondary N) is 1. The Kier molecular flexibility index (Phi) is 7.05. The number of Topliss-reactive ketones (excluding diaryl/α,β-unsaturated/α-hetero) is 1. The summed E-state index contributed by atoms with van der Waals surface area (Å²) in [7, 11) is -4.82. The molecule has 0 spiro atoms. The number of sulfonamides is 1. The topological polar surface area (TPSA) is 187 Å². The summed E-state index contributed by atoms with van der Waals surface area (Å²) in [6.07, 6.45) is 1.72. The zero-order valence-corrected chi connectivity index (χ0v) is 17.3. The standard InChI is InChI=1S/C17H22BN5O7S/c19-4-5-31(28,29)20-8-13-9-23(22-21-13)10-14(24)7-12-6-11-2-1-3-15(17(25)26)16(11)30-18(12)27/h1-3,9,12,20,27H,4-8,10,19H2,(H,25,26)/t12-/m1/s1. The fraction of sp³-hybridized carbons (Fsp3) is 0.412. The number of carbonyl (C=O) groups is 2. The van der Waals surface area contributed by atoms with E-state index in [1.807, 2.05) is 0 Å². The first-order valence-electron chi connectivity index (χ1n) is 9.46. The molecule has 0 bridgehead atoms. The summed E-state index contributed by atoms with van der Waals surface area (Å²) in [5, 5.41) is 27.1. The molecule has 0 saturated heterocycles. The predicted octanol–water partition coefficient (Wildman–Crippen LogP) is -1.20. The maximum absolute atomic E-state index is 12.5. The second-order valence-electron chi connectivity index (χ2n) is 7.15. The van der Waals surface area contributed by atoms with Crippen LogP contribution in [-0.4, -0.2) is 64.7 Å². The van der Waals surface area contributed by atoms with Gasteiger partial charge in [-0.1, -0.05) is 17.3 Å². The SMILES string of the molecule is NCCS(=O)(=O)NCc1cn(CC(=O)C[C@H]2Cc3cccc(C(=O)O)c3OB2O)nn1. The Morgan fingerprint density at radius 1 is 1.39 bits per heavy atom. The molecule has 1 aromatic carbocycles. The molecule has 0 aliphatic carbocycles. The normalized spacial score (nSPS) is 15.9. The lowest BCUT2D eigenvalue weighted by atomic mass is 9.64. The number of hydrogen-bond donors (Lipinski definition) is 4. The molecule has 1 aliphatic rings. The number of carbonyl (C=O) groups excluding carboxylic acids is 1. The van der Waals surface area contributed by atoms with Crippen molar-refractivity contribution in [1.29, 1.82) is 0 Å². The van der Waals surface area contributed by atoms with Gasteiger partial charge in [0.2, 0.25) is 10.0 Å². The van der Waals surface area contributed by atoms with E-state index in [4.69, 9.17) is 10.4 Å². The maximum Gasteiger partial charge on any atom is 0.526 e. The van der Waals surface area contributed by atoms with E-state index in [2.05, 4.69) is 15.0 Å². The molecule has 14 heteroatoms. The number of rotatable bonds is 10. The van der Waals surface area contributed by atoms with E-state index in [9.17, 15) is 28.1 Å². The molecule has 1 aromatic heterocycles. The summed E-state index contributed by atoms with van der Waals surface area (Å²) < 4.78 is 32.2. The molecule has 0 fully saturated rings. The van der Waals surface area contributed by atoms with E-state index in [1.54, 1.807) is 12.1 Å². The molecule has 2 heterocycles. The Morgan fingerprint density at radius 3 is 2.87 bits per heavy atom. The number of fused-ring (bicyclic) bond motifs is 1. The van der Waals surface area contributed by atoms with Crippen molar-refractivity contribution in [3.05, 3.63) is 41.2 Å². The highest BCUT2D eigenvalue weighted by molar-refractivity contribution is 7.89. The Morgan fingerprint density at radius 2 is 2.16 bits per heavy atom. The first kappa shape index (κ1) is 22.9. The summed E-state index contributed by atoms with van der Waals surface area (Å²) in [5.41, 5.74) is 6.14. The van der Waals surface area contributed by atoms with Crippen LogP contribution in [0.15, 0.2) is 24.4 Å². The van der Waals surface area contributed by atoms with E-state index in [-0.39, 0.29) is 55.3 Å². The highest BCUT2D eigenvalue weighted by atomic mass is 32.2. The minimum absolute atomic E-state index is 0.00461. The van der Waals surface area contributed by atoms with Crippen LogP contribution in [0.4, 0.5) is 0 Å². The third-order valence-corrected chi connectivity index (χ3v) is 6.08. The van der Waals surface area contributed by atoms with Gasteiger partial charge in [-0.25, -0.2) is 22.6 Å². The van der Waals surface area contributed by atoms with Gasteiger partial charge in [0, 0.05) is 18.8 Å². The molecule has 0 saturated carbocycles. The zero-order valence-electron chi connectivity index (χ0n) is 16.5. The van der Waals surface area contributed by atoms with E-state index >= 15 is 0 Å². The van der Waals surface area contributed by atoms with E-state index in [1.165, 1.54) is 16.9 Å². The molecule has 1 atom stereocenters. The van der Waals surface area contributed by atoms with Crippen molar-refractivity contribution in [3.8, 4) is 5.75 Å². The number of ketones is 1. The van der Waals surface area contributed by atoms with Crippen LogP contribution in [0.25, 0.3) is 0 Å². The number of hydrogen-bond acceptors (Lipinski definition) is 9. The summed E-state index contributed by atoms with van der Waals surface area (Å²) in [4.78, 5) is 23.8. The number of aromatic carboxylic acids is 1. The van der Waals surface area contributed by atoms with Crippen molar-refractivity contribution in [2.45, 2.75) is 31.7 Å². The van der Waals surface area contributed by atoms with Gasteiger partial charge in [0.05, 0.1) is 29.8 Å². The summed E-state index contributed by atoms with van der Waals surface area (Å²) in [6.45, 7) is -0.197. The van der Waals surface area contributed by atoms with Gasteiger partial charge in [-0.05, 0) is 18.1 Å². The molecule has 3 rings (SSSR count). The molecule has 0 radical (unpaired) electrons. The molecule has 2 aromatic rings. The second-order valence-corrected chi connectivity index (χ2v) is 9.08. The first-order valence-corrected chi connectivity index (χ1v) is 11.1. The van der Waals surface area contributed by atoms with Crippen LogP contribution in [0.1, 0.15) is 28.0 Å². The summed E-state index contributed by atoms with van der Waals surface area (Å²) >= 11 is 0. The average Bonchev–Trinajstić information content (AvgIpc) is 3.13. The monoisotopic (exact) mass is 451 g/mol. The Bertz CT molecular complexity index is 1070. The molecule has 31 heavy (non-hydrogen) atoms. The summed E-state index contributed by atoms with van der Waals surface area (Å²) in [6, 6.07) is 4.67. The van der Waals surface area contributed by atoms with Gasteiger partial charge in [-0.15, -0.1) is 5.10 Å². The van der Waals surface area contributed by atoms with Crippen LogP contribution in [0.5, 0.6) is 5.75 Å². The first-order chi connectivity index (χ1) is 14.7. The van der Waals surface area contributed by atoms with Gasteiger partial charge in [0.25, 0.3) is 0 Å². The Balaban J connectivity index is 1.57. The van der Waals surface area contributed by atoms with Crippen molar-refractivity contribution in [3.63, 3.8) is 0 Å². The quantitative estimate of drug-likeness (QED) is 0.320. The van der Waals surface area contributed by atoms with E-state index < -0.39 is 28.9 Å². The smallest absolute Gasteiger partial charge is 0.526 e. The largest absolute Gasteiger partial charge is 0.535 e. The van der Waals surface area contributed by atoms with Gasteiger partial charge in [-0.3, -0.25) is 4.79 Å². The lowest BCUT2D eigenvalue weighted by Gasteiger charge is -2.27. The fourth-order valence-electron chi connectivity index (χ4n) is 3.27. The highest BCUT2D eigenvalue weighted by Crippen LogP contribution is 2.36. The van der Waals surface area contributed by atoms with Gasteiger partial charge < -0.3 is 20.5 Å². The number of carboxylic acid groups (broad SMARTS) is 1. The van der Waals surface area contributed by atoms with Crippen LogP contribution in [0.3, 0.4) is 0 Å². The minimum atomic E-state index is -3.50. The van der Waals surface area contributed by atoms with Crippen molar-refractivity contribution in [2.24, 2.45) is 5.73 Å². The number of para-hydroxylation sites is 1. The van der Waals surface area contributed by atoms with Crippen LogP contribution >= 0.6 is 0 Å². The highest BCUT2D eigenvalue weighted by Gasteiger charge is 2.37. The number of aromatic nitrogens is 3. The fourth-order valence-corrected chi connectivity index (χ4v) is 4.09.